The molecule has 0 saturated carbocycles. The van der Waals surface area contributed by atoms with Crippen molar-refractivity contribution in [1.29, 1.82) is 0 Å². The number of aliphatic hydroxyl groups is 1. The number of rotatable bonds is 4. The van der Waals surface area contributed by atoms with E-state index in [9.17, 15) is 9.50 Å². The maximum Gasteiger partial charge on any atom is 0.126 e. The van der Waals surface area contributed by atoms with Crippen LogP contribution in [0.1, 0.15) is 17.2 Å². The third-order valence-corrected chi connectivity index (χ3v) is 2.73. The maximum absolute atomic E-state index is 13.1. The lowest BCUT2D eigenvalue weighted by Crippen LogP contribution is -2.10. The molecule has 0 saturated heterocycles. The van der Waals surface area contributed by atoms with Crippen molar-refractivity contribution in [3.63, 3.8) is 0 Å². The van der Waals surface area contributed by atoms with Crippen LogP contribution in [0.15, 0.2) is 48.5 Å². The van der Waals surface area contributed by atoms with Crippen LogP contribution < -0.4 is 4.74 Å². The van der Waals surface area contributed by atoms with Gasteiger partial charge in [0.15, 0.2) is 0 Å². The Labute approximate surface area is 106 Å². The smallest absolute Gasteiger partial charge is 0.126 e. The van der Waals surface area contributed by atoms with E-state index in [0.717, 1.165) is 11.1 Å². The molecule has 2 aromatic carbocycles. The maximum atomic E-state index is 13.1. The molecule has 0 aliphatic heterocycles. The summed E-state index contributed by atoms with van der Waals surface area (Å²) in [4.78, 5) is 0. The van der Waals surface area contributed by atoms with Gasteiger partial charge in [-0.3, -0.25) is 0 Å². The number of halogens is 1. The molecule has 0 aliphatic rings. The van der Waals surface area contributed by atoms with Gasteiger partial charge in [-0.1, -0.05) is 36.4 Å². The van der Waals surface area contributed by atoms with Gasteiger partial charge in [-0.2, -0.15) is 0 Å². The molecule has 1 atom stereocenters. The van der Waals surface area contributed by atoms with Crippen LogP contribution in [-0.2, 0) is 0 Å². The van der Waals surface area contributed by atoms with E-state index in [1.54, 1.807) is 6.07 Å². The zero-order valence-electron chi connectivity index (χ0n) is 10.1. The Bertz CT molecular complexity index is 511. The van der Waals surface area contributed by atoms with E-state index in [1.807, 2.05) is 37.3 Å². The fraction of sp³-hybridized carbons (Fsp3) is 0.200. The van der Waals surface area contributed by atoms with Crippen LogP contribution in [0.25, 0.3) is 0 Å². The highest BCUT2D eigenvalue weighted by molar-refractivity contribution is 5.32. The number of aliphatic hydroxyl groups excluding tert-OH is 1. The highest BCUT2D eigenvalue weighted by Crippen LogP contribution is 2.21. The average Bonchev–Trinajstić information content (AvgIpc) is 2.40. The molecule has 2 aromatic rings. The number of benzene rings is 2. The molecule has 0 fully saturated rings. The monoisotopic (exact) mass is 246 g/mol. The van der Waals surface area contributed by atoms with Gasteiger partial charge in [-0.05, 0) is 24.1 Å². The molecule has 1 N–H and O–H groups in total. The van der Waals surface area contributed by atoms with Crippen molar-refractivity contribution in [3.05, 3.63) is 65.5 Å². The standard InChI is InChI=1S/C15H15FO2/c1-11-7-8-13(16)9-15(11)18-10-14(17)12-5-3-2-4-6-12/h2-9,14,17H,10H2,1H3. The van der Waals surface area contributed by atoms with E-state index in [4.69, 9.17) is 4.74 Å². The first-order chi connectivity index (χ1) is 8.66. The van der Waals surface area contributed by atoms with Crippen LogP contribution in [0.4, 0.5) is 4.39 Å². The zero-order chi connectivity index (χ0) is 13.0. The fourth-order valence-corrected chi connectivity index (χ4v) is 1.67. The van der Waals surface area contributed by atoms with Gasteiger partial charge in [0, 0.05) is 6.07 Å². The first-order valence-corrected chi connectivity index (χ1v) is 5.79. The molecule has 2 rings (SSSR count). The SMILES string of the molecule is Cc1ccc(F)cc1OCC(O)c1ccccc1. The minimum Gasteiger partial charge on any atom is -0.490 e. The second kappa shape index (κ2) is 5.65. The van der Waals surface area contributed by atoms with Gasteiger partial charge in [0.1, 0.15) is 24.3 Å². The predicted molar refractivity (Wildman–Crippen MR) is 68.0 cm³/mol. The van der Waals surface area contributed by atoms with Crippen molar-refractivity contribution in [1.82, 2.24) is 0 Å². The summed E-state index contributed by atoms with van der Waals surface area (Å²) in [7, 11) is 0. The molecule has 94 valence electrons. The average molecular weight is 246 g/mol. The van der Waals surface area contributed by atoms with E-state index >= 15 is 0 Å². The van der Waals surface area contributed by atoms with E-state index in [0.29, 0.717) is 5.75 Å². The normalized spacial score (nSPS) is 12.2. The molecule has 2 nitrogen and oxygen atoms in total. The van der Waals surface area contributed by atoms with Crippen LogP contribution in [-0.4, -0.2) is 11.7 Å². The minimum atomic E-state index is -0.714. The van der Waals surface area contributed by atoms with Gasteiger partial charge in [-0.15, -0.1) is 0 Å². The number of hydrogen-bond acceptors (Lipinski definition) is 2. The molecule has 0 spiro atoms. The van der Waals surface area contributed by atoms with Gasteiger partial charge < -0.3 is 9.84 Å². The second-order valence-electron chi connectivity index (χ2n) is 4.15. The summed E-state index contributed by atoms with van der Waals surface area (Å²) in [5, 5.41) is 9.92. The zero-order valence-corrected chi connectivity index (χ0v) is 10.1. The highest BCUT2D eigenvalue weighted by Gasteiger charge is 2.09. The molecule has 0 bridgehead atoms. The minimum absolute atomic E-state index is 0.105. The summed E-state index contributed by atoms with van der Waals surface area (Å²) in [5.41, 5.74) is 1.63. The van der Waals surface area contributed by atoms with Crippen LogP contribution in [0, 0.1) is 12.7 Å². The van der Waals surface area contributed by atoms with Gasteiger partial charge >= 0.3 is 0 Å². The molecular weight excluding hydrogens is 231 g/mol. The summed E-state index contributed by atoms with van der Waals surface area (Å²) >= 11 is 0. The van der Waals surface area contributed by atoms with Gasteiger partial charge in [-0.25, -0.2) is 4.39 Å². The Balaban J connectivity index is 2.01. The Hall–Kier alpha value is -1.87. The van der Waals surface area contributed by atoms with Gasteiger partial charge in [0.2, 0.25) is 0 Å². The van der Waals surface area contributed by atoms with E-state index < -0.39 is 6.10 Å². The molecule has 18 heavy (non-hydrogen) atoms. The van der Waals surface area contributed by atoms with Crippen LogP contribution in [0.3, 0.4) is 0 Å². The summed E-state index contributed by atoms with van der Waals surface area (Å²) < 4.78 is 18.5. The van der Waals surface area contributed by atoms with E-state index in [2.05, 4.69) is 0 Å². The molecule has 0 amide bonds. The quantitative estimate of drug-likeness (QED) is 0.897. The van der Waals surface area contributed by atoms with Crippen molar-refractivity contribution < 1.29 is 14.2 Å². The van der Waals surface area contributed by atoms with Crippen molar-refractivity contribution in [2.75, 3.05) is 6.61 Å². The predicted octanol–water partition coefficient (Wildman–Crippen LogP) is 3.25. The summed E-state index contributed by atoms with van der Waals surface area (Å²) in [6, 6.07) is 13.6. The van der Waals surface area contributed by atoms with Crippen molar-refractivity contribution in [2.24, 2.45) is 0 Å². The van der Waals surface area contributed by atoms with E-state index in [-0.39, 0.29) is 12.4 Å². The lowest BCUT2D eigenvalue weighted by atomic mass is 10.1. The second-order valence-corrected chi connectivity index (χ2v) is 4.15. The highest BCUT2D eigenvalue weighted by atomic mass is 19.1. The molecule has 0 radical (unpaired) electrons. The molecule has 1 unspecified atom stereocenters. The Morgan fingerprint density at radius 3 is 2.61 bits per heavy atom. The van der Waals surface area contributed by atoms with Gasteiger partial charge in [0.25, 0.3) is 0 Å². The Kier molecular flexibility index (Phi) is 3.95. The Morgan fingerprint density at radius 1 is 1.17 bits per heavy atom. The summed E-state index contributed by atoms with van der Waals surface area (Å²) in [6.45, 7) is 1.94. The molecular formula is C15H15FO2. The fourth-order valence-electron chi connectivity index (χ4n) is 1.67. The number of aryl methyl sites for hydroxylation is 1. The third-order valence-electron chi connectivity index (χ3n) is 2.73. The molecule has 0 aliphatic carbocycles. The van der Waals surface area contributed by atoms with Crippen LogP contribution >= 0.6 is 0 Å². The van der Waals surface area contributed by atoms with Crippen LogP contribution in [0.5, 0.6) is 5.75 Å². The third kappa shape index (κ3) is 3.08. The van der Waals surface area contributed by atoms with Crippen molar-refractivity contribution >= 4 is 0 Å². The number of hydrogen-bond donors (Lipinski definition) is 1. The topological polar surface area (TPSA) is 29.5 Å². The number of ether oxygens (including phenoxy) is 1. The van der Waals surface area contributed by atoms with Crippen molar-refractivity contribution in [2.45, 2.75) is 13.0 Å². The molecule has 0 heterocycles. The first-order valence-electron chi connectivity index (χ1n) is 5.79. The Morgan fingerprint density at radius 2 is 1.89 bits per heavy atom. The van der Waals surface area contributed by atoms with Crippen molar-refractivity contribution in [3.8, 4) is 5.75 Å². The summed E-state index contributed by atoms with van der Waals surface area (Å²) in [6.07, 6.45) is -0.714. The largest absolute Gasteiger partial charge is 0.490 e. The lowest BCUT2D eigenvalue weighted by molar-refractivity contribution is 0.107. The summed E-state index contributed by atoms with van der Waals surface area (Å²) in [5.74, 6) is 0.120. The molecule has 0 aromatic heterocycles. The van der Waals surface area contributed by atoms with E-state index in [1.165, 1.54) is 12.1 Å². The first kappa shape index (κ1) is 12.6. The lowest BCUT2D eigenvalue weighted by Gasteiger charge is -2.14. The van der Waals surface area contributed by atoms with Crippen LogP contribution in [0.2, 0.25) is 0 Å². The van der Waals surface area contributed by atoms with Gasteiger partial charge in [0.05, 0.1) is 0 Å². The molecule has 3 heteroatoms.